The highest BCUT2D eigenvalue weighted by Crippen LogP contribution is 2.30. The summed E-state index contributed by atoms with van der Waals surface area (Å²) >= 11 is 1.70. The fourth-order valence-electron chi connectivity index (χ4n) is 3.70. The van der Waals surface area contributed by atoms with Crippen LogP contribution in [0.25, 0.3) is 10.2 Å². The highest BCUT2D eigenvalue weighted by atomic mass is 32.1. The Kier molecular flexibility index (Phi) is 4.57. The van der Waals surface area contributed by atoms with Crippen LogP contribution < -0.4 is 0 Å². The van der Waals surface area contributed by atoms with Crippen molar-refractivity contribution in [3.8, 4) is 0 Å². The summed E-state index contributed by atoms with van der Waals surface area (Å²) < 4.78 is 16.8. The summed E-state index contributed by atoms with van der Waals surface area (Å²) in [5.41, 5.74) is 2.64. The smallest absolute Gasteiger partial charge is 0.270 e. The van der Waals surface area contributed by atoms with Crippen LogP contribution in [0.3, 0.4) is 0 Å². The molecule has 0 bridgehead atoms. The third-order valence-electron chi connectivity index (χ3n) is 5.23. The van der Waals surface area contributed by atoms with E-state index >= 15 is 0 Å². The van der Waals surface area contributed by atoms with Crippen molar-refractivity contribution in [1.29, 1.82) is 0 Å². The number of carbonyl (C=O) groups excluding carboxylic acids is 1. The van der Waals surface area contributed by atoms with Gasteiger partial charge in [0.1, 0.15) is 11.5 Å². The van der Waals surface area contributed by atoms with Gasteiger partial charge in [-0.25, -0.2) is 4.39 Å². The Hall–Kier alpha value is -2.14. The molecule has 0 unspecified atom stereocenters. The number of likely N-dealkylation sites (tertiary alicyclic amines) is 1. The fourth-order valence-corrected chi connectivity index (χ4v) is 4.67. The third kappa shape index (κ3) is 3.28. The lowest BCUT2D eigenvalue weighted by Gasteiger charge is -2.30. The molecule has 3 heterocycles. The quantitative estimate of drug-likeness (QED) is 0.632. The largest absolute Gasteiger partial charge is 0.337 e. The van der Waals surface area contributed by atoms with Crippen LogP contribution >= 0.6 is 11.3 Å². The molecule has 0 spiro atoms. The fraction of sp³-hybridized carbons (Fsp3) is 0.381. The van der Waals surface area contributed by atoms with Crippen molar-refractivity contribution in [2.45, 2.75) is 33.2 Å². The molecule has 4 rings (SSSR count). The molecule has 0 radical (unpaired) electrons. The number of rotatable bonds is 3. The van der Waals surface area contributed by atoms with E-state index in [1.807, 2.05) is 21.6 Å². The lowest BCUT2D eigenvalue weighted by molar-refractivity contribution is 0.0687. The van der Waals surface area contributed by atoms with Crippen LogP contribution in [-0.4, -0.2) is 28.5 Å². The van der Waals surface area contributed by atoms with Crippen molar-refractivity contribution in [2.75, 3.05) is 13.1 Å². The van der Waals surface area contributed by atoms with Crippen molar-refractivity contribution in [3.05, 3.63) is 58.3 Å². The van der Waals surface area contributed by atoms with E-state index in [0.29, 0.717) is 18.2 Å². The number of halogens is 1. The van der Waals surface area contributed by atoms with Gasteiger partial charge in [-0.15, -0.1) is 11.3 Å². The number of benzene rings is 1. The Morgan fingerprint density at radius 3 is 2.73 bits per heavy atom. The standard InChI is InChI=1S/C21H23FN2OS/c1-14-6-8-23(9-7-14)21(25)19-12-20-18(10-15(2)26-20)24(19)13-16-4-3-5-17(22)11-16/h3-5,10-12,14H,6-9,13H2,1-2H3. The molecule has 2 aromatic heterocycles. The number of hydrogen-bond donors (Lipinski definition) is 0. The molecule has 1 saturated heterocycles. The molecular formula is C21H23FN2OS. The van der Waals surface area contributed by atoms with Crippen molar-refractivity contribution >= 4 is 27.5 Å². The SMILES string of the molecule is Cc1cc2c(cc(C(=O)N3CCC(C)CC3)n2Cc2cccc(F)c2)s1. The van der Waals surface area contributed by atoms with Crippen molar-refractivity contribution in [3.63, 3.8) is 0 Å². The van der Waals surface area contributed by atoms with Gasteiger partial charge in [-0.3, -0.25) is 4.79 Å². The van der Waals surface area contributed by atoms with Crippen LogP contribution in [-0.2, 0) is 6.54 Å². The van der Waals surface area contributed by atoms with Gasteiger partial charge in [0.25, 0.3) is 5.91 Å². The van der Waals surface area contributed by atoms with E-state index in [1.165, 1.54) is 10.9 Å². The van der Waals surface area contributed by atoms with Crippen LogP contribution in [0.15, 0.2) is 36.4 Å². The van der Waals surface area contributed by atoms with Crippen LogP contribution in [0.1, 0.15) is 40.7 Å². The Bertz CT molecular complexity index is 950. The summed E-state index contributed by atoms with van der Waals surface area (Å²) in [4.78, 5) is 16.4. The molecule has 3 aromatic rings. The van der Waals surface area contributed by atoms with Gasteiger partial charge in [0.2, 0.25) is 0 Å². The molecule has 1 aliphatic heterocycles. The Balaban J connectivity index is 1.72. The van der Waals surface area contributed by atoms with Crippen LogP contribution in [0.5, 0.6) is 0 Å². The van der Waals surface area contributed by atoms with Gasteiger partial charge < -0.3 is 9.47 Å². The van der Waals surface area contributed by atoms with E-state index in [9.17, 15) is 9.18 Å². The third-order valence-corrected chi connectivity index (χ3v) is 6.22. The molecule has 136 valence electrons. The normalized spacial score (nSPS) is 15.7. The summed E-state index contributed by atoms with van der Waals surface area (Å²) in [6.45, 7) is 6.45. The van der Waals surface area contributed by atoms with Gasteiger partial charge in [-0.1, -0.05) is 19.1 Å². The second kappa shape index (κ2) is 6.88. The summed E-state index contributed by atoms with van der Waals surface area (Å²) in [5.74, 6) is 0.531. The number of fused-ring (bicyclic) bond motifs is 1. The molecule has 0 saturated carbocycles. The maximum Gasteiger partial charge on any atom is 0.270 e. The zero-order valence-electron chi connectivity index (χ0n) is 15.2. The molecule has 5 heteroatoms. The molecule has 3 nitrogen and oxygen atoms in total. The van der Waals surface area contributed by atoms with Gasteiger partial charge in [-0.05, 0) is 55.5 Å². The van der Waals surface area contributed by atoms with Crippen molar-refractivity contribution in [1.82, 2.24) is 9.47 Å². The van der Waals surface area contributed by atoms with E-state index in [2.05, 4.69) is 19.9 Å². The highest BCUT2D eigenvalue weighted by molar-refractivity contribution is 7.19. The van der Waals surface area contributed by atoms with Gasteiger partial charge in [0, 0.05) is 24.5 Å². The molecule has 1 aromatic carbocycles. The molecule has 0 aliphatic carbocycles. The minimum Gasteiger partial charge on any atom is -0.337 e. The molecule has 1 aliphatic rings. The van der Waals surface area contributed by atoms with Crippen LogP contribution in [0.2, 0.25) is 0 Å². The molecular weight excluding hydrogens is 347 g/mol. The number of carbonyl (C=O) groups is 1. The first-order valence-electron chi connectivity index (χ1n) is 9.14. The van der Waals surface area contributed by atoms with Crippen molar-refractivity contribution < 1.29 is 9.18 Å². The lowest BCUT2D eigenvalue weighted by atomic mass is 9.99. The molecule has 1 fully saturated rings. The van der Waals surface area contributed by atoms with E-state index in [4.69, 9.17) is 0 Å². The summed E-state index contributed by atoms with van der Waals surface area (Å²) in [7, 11) is 0. The number of aryl methyl sites for hydroxylation is 1. The first-order chi connectivity index (χ1) is 12.5. The van der Waals surface area contributed by atoms with E-state index in [1.54, 1.807) is 23.5 Å². The Labute approximate surface area is 157 Å². The zero-order valence-corrected chi connectivity index (χ0v) is 16.0. The lowest BCUT2D eigenvalue weighted by Crippen LogP contribution is -2.38. The first-order valence-corrected chi connectivity index (χ1v) is 9.96. The van der Waals surface area contributed by atoms with Crippen LogP contribution in [0, 0.1) is 18.7 Å². The van der Waals surface area contributed by atoms with E-state index in [-0.39, 0.29) is 11.7 Å². The summed E-state index contributed by atoms with van der Waals surface area (Å²) in [5, 5.41) is 0. The average molecular weight is 370 g/mol. The number of thiophene rings is 1. The molecule has 1 amide bonds. The molecule has 0 atom stereocenters. The predicted molar refractivity (Wildman–Crippen MR) is 104 cm³/mol. The highest BCUT2D eigenvalue weighted by Gasteiger charge is 2.25. The summed E-state index contributed by atoms with van der Waals surface area (Å²) in [6.07, 6.45) is 2.12. The average Bonchev–Trinajstić information content (AvgIpc) is 3.12. The van der Waals surface area contributed by atoms with Gasteiger partial charge >= 0.3 is 0 Å². The Morgan fingerprint density at radius 2 is 2.00 bits per heavy atom. The minimum absolute atomic E-state index is 0.0920. The Morgan fingerprint density at radius 1 is 1.23 bits per heavy atom. The maximum atomic E-state index is 13.6. The number of amides is 1. The number of nitrogens with zero attached hydrogens (tertiary/aromatic N) is 2. The monoisotopic (exact) mass is 370 g/mol. The van der Waals surface area contributed by atoms with Gasteiger partial charge in [0.05, 0.1) is 10.2 Å². The summed E-state index contributed by atoms with van der Waals surface area (Å²) in [6, 6.07) is 10.7. The number of aromatic nitrogens is 1. The molecule has 0 N–H and O–H groups in total. The van der Waals surface area contributed by atoms with E-state index < -0.39 is 0 Å². The van der Waals surface area contributed by atoms with E-state index in [0.717, 1.165) is 41.7 Å². The molecule has 26 heavy (non-hydrogen) atoms. The van der Waals surface area contributed by atoms with Crippen molar-refractivity contribution in [2.24, 2.45) is 5.92 Å². The second-order valence-corrected chi connectivity index (χ2v) is 8.61. The zero-order chi connectivity index (χ0) is 18.3. The van der Waals surface area contributed by atoms with Gasteiger partial charge in [-0.2, -0.15) is 0 Å². The maximum absolute atomic E-state index is 13.6. The number of hydrogen-bond acceptors (Lipinski definition) is 2. The second-order valence-electron chi connectivity index (χ2n) is 7.33. The number of piperidine rings is 1. The van der Waals surface area contributed by atoms with Crippen LogP contribution in [0.4, 0.5) is 4.39 Å². The predicted octanol–water partition coefficient (Wildman–Crippen LogP) is 5.07. The first kappa shape index (κ1) is 17.3. The topological polar surface area (TPSA) is 25.2 Å². The minimum atomic E-state index is -0.245. The van der Waals surface area contributed by atoms with Gasteiger partial charge in [0.15, 0.2) is 0 Å².